The number of hydrogen-bond acceptors (Lipinski definition) is 4. The summed E-state index contributed by atoms with van der Waals surface area (Å²) in [6.07, 6.45) is 0. The normalized spacial score (nSPS) is 19.8. The maximum absolute atomic E-state index is 5.75. The smallest absolute Gasteiger partial charge is 0.199 e. The van der Waals surface area contributed by atoms with Crippen LogP contribution in [0.4, 0.5) is 0 Å². The van der Waals surface area contributed by atoms with Crippen LogP contribution in [0.1, 0.15) is 18.8 Å². The summed E-state index contributed by atoms with van der Waals surface area (Å²) in [7, 11) is 0. The Morgan fingerprint density at radius 3 is 3.12 bits per heavy atom. The third kappa shape index (κ3) is 1.44. The lowest BCUT2D eigenvalue weighted by Crippen LogP contribution is -2.32. The molecular weight excluding hydrogens is 228 g/mol. The number of halogens is 1. The highest BCUT2D eigenvalue weighted by Gasteiger charge is 2.23. The van der Waals surface area contributed by atoms with Crippen LogP contribution in [0.2, 0.25) is 5.22 Å². The first kappa shape index (κ1) is 9.86. The maximum Gasteiger partial charge on any atom is 0.199 e. The Morgan fingerprint density at radius 1 is 1.50 bits per heavy atom. The molecule has 2 aromatic heterocycles. The summed E-state index contributed by atoms with van der Waals surface area (Å²) in [5, 5.41) is 12.0. The largest absolute Gasteiger partial charge is 0.441 e. The summed E-state index contributed by atoms with van der Waals surface area (Å²) in [5.41, 5.74) is 0. The van der Waals surface area contributed by atoms with Crippen molar-refractivity contribution in [2.75, 3.05) is 6.54 Å². The van der Waals surface area contributed by atoms with Crippen LogP contribution in [0.5, 0.6) is 0 Å². The van der Waals surface area contributed by atoms with Gasteiger partial charge in [0.15, 0.2) is 16.8 Å². The highest BCUT2D eigenvalue weighted by atomic mass is 35.5. The van der Waals surface area contributed by atoms with Crippen LogP contribution in [-0.4, -0.2) is 21.3 Å². The lowest BCUT2D eigenvalue weighted by Gasteiger charge is -2.21. The SMILES string of the molecule is CC1NCCn2c(-c3ccc(Cl)o3)nnc21. The summed E-state index contributed by atoms with van der Waals surface area (Å²) in [4.78, 5) is 0. The van der Waals surface area contributed by atoms with Gasteiger partial charge < -0.3 is 14.3 Å². The molecule has 84 valence electrons. The van der Waals surface area contributed by atoms with E-state index in [1.165, 1.54) is 0 Å². The van der Waals surface area contributed by atoms with Crippen molar-refractivity contribution in [2.45, 2.75) is 19.5 Å². The van der Waals surface area contributed by atoms with Crippen LogP contribution >= 0.6 is 11.6 Å². The summed E-state index contributed by atoms with van der Waals surface area (Å²) >= 11 is 5.75. The van der Waals surface area contributed by atoms with Gasteiger partial charge in [0, 0.05) is 13.1 Å². The molecule has 1 N–H and O–H groups in total. The second kappa shape index (κ2) is 3.61. The molecule has 0 aromatic carbocycles. The summed E-state index contributed by atoms with van der Waals surface area (Å²) in [6.45, 7) is 3.83. The number of hydrogen-bond donors (Lipinski definition) is 1. The minimum atomic E-state index is 0.223. The molecule has 3 heterocycles. The highest BCUT2D eigenvalue weighted by Crippen LogP contribution is 2.26. The lowest BCUT2D eigenvalue weighted by molar-refractivity contribution is 0.436. The molecule has 0 saturated heterocycles. The number of rotatable bonds is 1. The molecule has 1 atom stereocenters. The summed E-state index contributed by atoms with van der Waals surface area (Å²) in [5.74, 6) is 2.35. The van der Waals surface area contributed by atoms with Crippen molar-refractivity contribution >= 4 is 11.6 Å². The summed E-state index contributed by atoms with van der Waals surface area (Å²) < 4.78 is 7.42. The van der Waals surface area contributed by atoms with Crippen molar-refractivity contribution in [1.82, 2.24) is 20.1 Å². The minimum Gasteiger partial charge on any atom is -0.441 e. The molecule has 1 unspecified atom stereocenters. The Kier molecular flexibility index (Phi) is 2.22. The molecule has 0 bridgehead atoms. The van der Waals surface area contributed by atoms with E-state index in [4.69, 9.17) is 16.0 Å². The number of nitrogens with zero attached hydrogens (tertiary/aromatic N) is 3. The zero-order valence-electron chi connectivity index (χ0n) is 8.77. The average Bonchev–Trinajstić information content (AvgIpc) is 2.84. The van der Waals surface area contributed by atoms with E-state index >= 15 is 0 Å². The van der Waals surface area contributed by atoms with Crippen LogP contribution < -0.4 is 5.32 Å². The fourth-order valence-electron chi connectivity index (χ4n) is 1.96. The van der Waals surface area contributed by atoms with E-state index in [2.05, 4.69) is 27.0 Å². The van der Waals surface area contributed by atoms with Crippen LogP contribution in [0.15, 0.2) is 16.5 Å². The first-order valence-electron chi connectivity index (χ1n) is 5.18. The van der Waals surface area contributed by atoms with Gasteiger partial charge in [0.1, 0.15) is 5.82 Å². The van der Waals surface area contributed by atoms with Crippen molar-refractivity contribution in [3.63, 3.8) is 0 Å². The Hall–Kier alpha value is -1.33. The van der Waals surface area contributed by atoms with Gasteiger partial charge in [-0.3, -0.25) is 0 Å². The predicted molar refractivity (Wildman–Crippen MR) is 59.2 cm³/mol. The Labute approximate surface area is 97.4 Å². The van der Waals surface area contributed by atoms with E-state index in [1.807, 2.05) is 6.07 Å². The predicted octanol–water partition coefficient (Wildman–Crippen LogP) is 1.86. The molecule has 0 amide bonds. The fourth-order valence-corrected chi connectivity index (χ4v) is 2.10. The van der Waals surface area contributed by atoms with E-state index in [9.17, 15) is 0 Å². The third-order valence-corrected chi connectivity index (χ3v) is 2.95. The van der Waals surface area contributed by atoms with Gasteiger partial charge >= 0.3 is 0 Å². The highest BCUT2D eigenvalue weighted by molar-refractivity contribution is 6.28. The zero-order valence-corrected chi connectivity index (χ0v) is 9.53. The Balaban J connectivity index is 2.09. The van der Waals surface area contributed by atoms with Gasteiger partial charge in [0.05, 0.1) is 6.04 Å². The topological polar surface area (TPSA) is 55.9 Å². The van der Waals surface area contributed by atoms with Gasteiger partial charge in [-0.2, -0.15) is 0 Å². The Morgan fingerprint density at radius 2 is 2.38 bits per heavy atom. The standard InChI is InChI=1S/C10H11ClN4O/c1-6-9-13-14-10(15(9)5-4-12-6)7-2-3-8(11)16-7/h2-3,6,12H,4-5H2,1H3. The quantitative estimate of drug-likeness (QED) is 0.824. The van der Waals surface area contributed by atoms with Crippen molar-refractivity contribution in [2.24, 2.45) is 0 Å². The first-order chi connectivity index (χ1) is 7.75. The number of aromatic nitrogens is 3. The maximum atomic E-state index is 5.75. The van der Waals surface area contributed by atoms with E-state index in [1.54, 1.807) is 6.07 Å². The average molecular weight is 239 g/mol. The molecule has 5 nitrogen and oxygen atoms in total. The van der Waals surface area contributed by atoms with E-state index in [0.717, 1.165) is 24.7 Å². The second-order valence-corrected chi connectivity index (χ2v) is 4.19. The van der Waals surface area contributed by atoms with Gasteiger partial charge in [-0.1, -0.05) is 0 Å². The minimum absolute atomic E-state index is 0.223. The van der Waals surface area contributed by atoms with Crippen molar-refractivity contribution < 1.29 is 4.42 Å². The van der Waals surface area contributed by atoms with E-state index in [0.29, 0.717) is 11.0 Å². The van der Waals surface area contributed by atoms with Crippen LogP contribution in [-0.2, 0) is 6.54 Å². The van der Waals surface area contributed by atoms with Crippen LogP contribution in [0.3, 0.4) is 0 Å². The Bertz CT molecular complexity index is 519. The zero-order chi connectivity index (χ0) is 11.1. The molecule has 0 radical (unpaired) electrons. The monoisotopic (exact) mass is 238 g/mol. The lowest BCUT2D eigenvalue weighted by atomic mass is 10.2. The van der Waals surface area contributed by atoms with E-state index < -0.39 is 0 Å². The van der Waals surface area contributed by atoms with Crippen molar-refractivity contribution in [1.29, 1.82) is 0 Å². The molecule has 0 spiro atoms. The van der Waals surface area contributed by atoms with Crippen LogP contribution in [0, 0.1) is 0 Å². The fraction of sp³-hybridized carbons (Fsp3) is 0.400. The van der Waals surface area contributed by atoms with Gasteiger partial charge in [0.2, 0.25) is 0 Å². The number of nitrogens with one attached hydrogen (secondary N) is 1. The van der Waals surface area contributed by atoms with Gasteiger partial charge in [-0.05, 0) is 30.7 Å². The van der Waals surface area contributed by atoms with E-state index in [-0.39, 0.29) is 6.04 Å². The molecule has 1 aliphatic heterocycles. The first-order valence-corrected chi connectivity index (χ1v) is 5.55. The molecule has 16 heavy (non-hydrogen) atoms. The number of fused-ring (bicyclic) bond motifs is 1. The van der Waals surface area contributed by atoms with Gasteiger partial charge in [-0.25, -0.2) is 0 Å². The van der Waals surface area contributed by atoms with Crippen molar-refractivity contribution in [3.8, 4) is 11.6 Å². The molecule has 0 aliphatic carbocycles. The van der Waals surface area contributed by atoms with Crippen molar-refractivity contribution in [3.05, 3.63) is 23.2 Å². The summed E-state index contributed by atoms with van der Waals surface area (Å²) in [6, 6.07) is 3.75. The molecule has 6 heteroatoms. The third-order valence-electron chi connectivity index (χ3n) is 2.75. The molecule has 0 fully saturated rings. The van der Waals surface area contributed by atoms with Crippen LogP contribution in [0.25, 0.3) is 11.6 Å². The molecular formula is C10H11ClN4O. The second-order valence-electron chi connectivity index (χ2n) is 3.81. The molecule has 0 saturated carbocycles. The molecule has 1 aliphatic rings. The molecule has 2 aromatic rings. The van der Waals surface area contributed by atoms with Gasteiger partial charge in [-0.15, -0.1) is 10.2 Å². The number of furan rings is 1. The van der Waals surface area contributed by atoms with Gasteiger partial charge in [0.25, 0.3) is 0 Å². The molecule has 3 rings (SSSR count).